The van der Waals surface area contributed by atoms with Crippen molar-refractivity contribution in [3.63, 3.8) is 0 Å². The van der Waals surface area contributed by atoms with Crippen molar-refractivity contribution in [3.05, 3.63) is 70.7 Å². The van der Waals surface area contributed by atoms with Gasteiger partial charge in [-0.2, -0.15) is 0 Å². The van der Waals surface area contributed by atoms with Crippen LogP contribution in [0.5, 0.6) is 0 Å². The molecule has 0 saturated carbocycles. The molecular formula is C21H26Cl2N2O3. The molecule has 152 valence electrons. The highest BCUT2D eigenvalue weighted by Crippen LogP contribution is 2.30. The first kappa shape index (κ1) is 22.7. The fourth-order valence-corrected chi connectivity index (χ4v) is 3.68. The second kappa shape index (κ2) is 11.4. The number of hydrogen-bond acceptors (Lipinski definition) is 4. The highest BCUT2D eigenvalue weighted by atomic mass is 35.5. The monoisotopic (exact) mass is 424 g/mol. The van der Waals surface area contributed by atoms with E-state index >= 15 is 0 Å². The predicted octanol–water partition coefficient (Wildman–Crippen LogP) is 3.62. The number of piperazine rings is 1. The van der Waals surface area contributed by atoms with Gasteiger partial charge >= 0.3 is 5.97 Å². The number of benzene rings is 2. The zero-order valence-electron chi connectivity index (χ0n) is 15.6. The summed E-state index contributed by atoms with van der Waals surface area (Å²) >= 11 is 6.09. The lowest BCUT2D eigenvalue weighted by Crippen LogP contribution is -2.52. The summed E-state index contributed by atoms with van der Waals surface area (Å²) in [4.78, 5) is 13.0. The molecule has 2 aromatic carbocycles. The Bertz CT molecular complexity index is 728. The van der Waals surface area contributed by atoms with Crippen molar-refractivity contribution >= 4 is 30.0 Å². The van der Waals surface area contributed by atoms with Crippen LogP contribution in [-0.2, 0) is 9.53 Å². The number of carboxylic acids is 1. The molecule has 1 fully saturated rings. The Morgan fingerprint density at radius 1 is 1.18 bits per heavy atom. The Morgan fingerprint density at radius 3 is 2.54 bits per heavy atom. The summed E-state index contributed by atoms with van der Waals surface area (Å²) in [5.41, 5.74) is 2.47. The third-order valence-electron chi connectivity index (χ3n) is 4.79. The van der Waals surface area contributed by atoms with E-state index < -0.39 is 5.97 Å². The van der Waals surface area contributed by atoms with Gasteiger partial charge in [-0.05, 0) is 29.7 Å². The van der Waals surface area contributed by atoms with Crippen LogP contribution >= 0.6 is 24.0 Å². The first-order chi connectivity index (χ1) is 13.1. The third kappa shape index (κ3) is 6.47. The molecule has 0 aliphatic carbocycles. The van der Waals surface area contributed by atoms with Crippen LogP contribution in [-0.4, -0.2) is 54.9 Å². The molecule has 2 aromatic rings. The quantitative estimate of drug-likeness (QED) is 0.633. The molecule has 3 rings (SSSR count). The van der Waals surface area contributed by atoms with Crippen molar-refractivity contribution in [3.8, 4) is 0 Å². The van der Waals surface area contributed by atoms with Crippen LogP contribution in [0, 0.1) is 0 Å². The largest absolute Gasteiger partial charge is 0.480 e. The van der Waals surface area contributed by atoms with Crippen LogP contribution in [0.15, 0.2) is 54.6 Å². The molecule has 1 saturated heterocycles. The summed E-state index contributed by atoms with van der Waals surface area (Å²) in [6.07, 6.45) is 0.784. The number of halogens is 2. The van der Waals surface area contributed by atoms with Gasteiger partial charge in [-0.1, -0.05) is 54.1 Å². The molecule has 5 nitrogen and oxygen atoms in total. The van der Waals surface area contributed by atoms with E-state index in [1.165, 1.54) is 11.1 Å². The number of aliphatic carboxylic acids is 1. The Morgan fingerprint density at radius 2 is 1.86 bits per heavy atom. The number of nitrogens with one attached hydrogen (secondary N) is 1. The molecule has 1 heterocycles. The minimum absolute atomic E-state index is 0. The summed E-state index contributed by atoms with van der Waals surface area (Å²) < 4.78 is 5.20. The lowest BCUT2D eigenvalue weighted by molar-refractivity contribution is -0.142. The Balaban J connectivity index is 0.00000280. The van der Waals surface area contributed by atoms with Gasteiger partial charge in [-0.25, -0.2) is 4.79 Å². The summed E-state index contributed by atoms with van der Waals surface area (Å²) in [5, 5.41) is 12.9. The van der Waals surface area contributed by atoms with Crippen LogP contribution in [0.3, 0.4) is 0 Å². The first-order valence-electron chi connectivity index (χ1n) is 9.21. The van der Waals surface area contributed by atoms with Gasteiger partial charge in [0.2, 0.25) is 0 Å². The Labute approximate surface area is 177 Å². The van der Waals surface area contributed by atoms with Gasteiger partial charge in [0.15, 0.2) is 0 Å². The number of hydrogen-bond donors (Lipinski definition) is 2. The van der Waals surface area contributed by atoms with E-state index in [0.717, 1.165) is 31.1 Å². The van der Waals surface area contributed by atoms with E-state index in [2.05, 4.69) is 46.6 Å². The minimum atomic E-state index is -0.930. The van der Waals surface area contributed by atoms with Gasteiger partial charge in [0.1, 0.15) is 6.61 Å². The average molecular weight is 425 g/mol. The summed E-state index contributed by atoms with van der Waals surface area (Å²) in [6, 6.07) is 19.0. The fraction of sp³-hybridized carbons (Fsp3) is 0.381. The van der Waals surface area contributed by atoms with Gasteiger partial charge in [0.05, 0.1) is 6.04 Å². The molecule has 7 heteroatoms. The SMILES string of the molecule is Cl.O=C(O)COCCC1CN(C(c2ccccc2)c2ccc(Cl)cc2)CCN1. The number of ether oxygens (including phenoxy) is 1. The van der Waals surface area contributed by atoms with Crippen LogP contribution < -0.4 is 5.32 Å². The maximum atomic E-state index is 10.6. The second-order valence-electron chi connectivity index (χ2n) is 6.75. The zero-order chi connectivity index (χ0) is 19.1. The molecule has 0 radical (unpaired) electrons. The van der Waals surface area contributed by atoms with Gasteiger partial charge in [-0.15, -0.1) is 12.4 Å². The van der Waals surface area contributed by atoms with Gasteiger partial charge in [-0.3, -0.25) is 4.90 Å². The van der Waals surface area contributed by atoms with Crippen LogP contribution in [0.1, 0.15) is 23.6 Å². The third-order valence-corrected chi connectivity index (χ3v) is 5.04. The van der Waals surface area contributed by atoms with Crippen molar-refractivity contribution in [2.45, 2.75) is 18.5 Å². The van der Waals surface area contributed by atoms with E-state index in [4.69, 9.17) is 21.4 Å². The fourth-order valence-electron chi connectivity index (χ4n) is 3.56. The Kier molecular flexibility index (Phi) is 9.22. The van der Waals surface area contributed by atoms with Crippen LogP contribution in [0.4, 0.5) is 0 Å². The van der Waals surface area contributed by atoms with Crippen molar-refractivity contribution in [2.75, 3.05) is 32.8 Å². The van der Waals surface area contributed by atoms with Crippen molar-refractivity contribution in [1.29, 1.82) is 0 Å². The van der Waals surface area contributed by atoms with Gasteiger partial charge < -0.3 is 15.2 Å². The highest BCUT2D eigenvalue weighted by Gasteiger charge is 2.27. The molecule has 1 aliphatic heterocycles. The lowest BCUT2D eigenvalue weighted by Gasteiger charge is -2.39. The summed E-state index contributed by atoms with van der Waals surface area (Å²) in [6.45, 7) is 2.90. The number of carboxylic acid groups (broad SMARTS) is 1. The molecule has 0 amide bonds. The molecule has 0 bridgehead atoms. The molecule has 2 atom stereocenters. The molecule has 0 aromatic heterocycles. The minimum Gasteiger partial charge on any atom is -0.480 e. The standard InChI is InChI=1S/C21H25ClN2O3.ClH/c22-18-8-6-17(7-9-18)21(16-4-2-1-3-5-16)24-12-11-23-19(14-24)10-13-27-15-20(25)26;/h1-9,19,21,23H,10-15H2,(H,25,26);1H. The highest BCUT2D eigenvalue weighted by molar-refractivity contribution is 6.30. The van der Waals surface area contributed by atoms with E-state index in [9.17, 15) is 4.79 Å². The zero-order valence-corrected chi connectivity index (χ0v) is 17.2. The number of nitrogens with zero attached hydrogens (tertiary/aromatic N) is 1. The Hall–Kier alpha value is -1.63. The normalized spacial score (nSPS) is 18.2. The summed E-state index contributed by atoms with van der Waals surface area (Å²) in [5.74, 6) is -0.930. The molecule has 1 aliphatic rings. The first-order valence-corrected chi connectivity index (χ1v) is 9.58. The second-order valence-corrected chi connectivity index (χ2v) is 7.18. The molecule has 2 N–H and O–H groups in total. The number of carbonyl (C=O) groups is 1. The predicted molar refractivity (Wildman–Crippen MR) is 113 cm³/mol. The van der Waals surface area contributed by atoms with Crippen molar-refractivity contribution in [2.24, 2.45) is 0 Å². The van der Waals surface area contributed by atoms with Gasteiger partial charge in [0.25, 0.3) is 0 Å². The molecule has 28 heavy (non-hydrogen) atoms. The topological polar surface area (TPSA) is 61.8 Å². The van der Waals surface area contributed by atoms with E-state index in [-0.39, 0.29) is 31.1 Å². The van der Waals surface area contributed by atoms with E-state index in [1.54, 1.807) is 0 Å². The molecular weight excluding hydrogens is 399 g/mol. The smallest absolute Gasteiger partial charge is 0.329 e. The summed E-state index contributed by atoms with van der Waals surface area (Å²) in [7, 11) is 0. The molecule has 2 unspecified atom stereocenters. The van der Waals surface area contributed by atoms with Crippen molar-refractivity contribution < 1.29 is 14.6 Å². The molecule has 0 spiro atoms. The van der Waals surface area contributed by atoms with Crippen LogP contribution in [0.25, 0.3) is 0 Å². The number of rotatable bonds is 8. The van der Waals surface area contributed by atoms with Crippen molar-refractivity contribution in [1.82, 2.24) is 10.2 Å². The average Bonchev–Trinajstić information content (AvgIpc) is 2.68. The van der Waals surface area contributed by atoms with E-state index in [0.29, 0.717) is 6.61 Å². The maximum absolute atomic E-state index is 10.6. The van der Waals surface area contributed by atoms with E-state index in [1.807, 2.05) is 18.2 Å². The van der Waals surface area contributed by atoms with Gasteiger partial charge in [0, 0.05) is 37.3 Å². The van der Waals surface area contributed by atoms with Crippen LogP contribution in [0.2, 0.25) is 5.02 Å². The maximum Gasteiger partial charge on any atom is 0.329 e. The lowest BCUT2D eigenvalue weighted by atomic mass is 9.95.